The summed E-state index contributed by atoms with van der Waals surface area (Å²) >= 11 is 0. The van der Waals surface area contributed by atoms with Gasteiger partial charge < -0.3 is 0 Å². The van der Waals surface area contributed by atoms with Crippen LogP contribution in [-0.2, 0) is 6.54 Å². The predicted octanol–water partition coefficient (Wildman–Crippen LogP) is 2.41. The SMILES string of the molecule is CCC(C#N)N1CCN(Cc2cccc(C)c2)CC1. The van der Waals surface area contributed by atoms with E-state index in [9.17, 15) is 0 Å². The van der Waals surface area contributed by atoms with Gasteiger partial charge >= 0.3 is 0 Å². The zero-order chi connectivity index (χ0) is 13.7. The Bertz CT molecular complexity index is 442. The Hall–Kier alpha value is -1.37. The zero-order valence-corrected chi connectivity index (χ0v) is 12.0. The number of piperazine rings is 1. The van der Waals surface area contributed by atoms with Crippen LogP contribution < -0.4 is 0 Å². The molecule has 1 aromatic carbocycles. The monoisotopic (exact) mass is 257 g/mol. The van der Waals surface area contributed by atoms with E-state index in [4.69, 9.17) is 5.26 Å². The van der Waals surface area contributed by atoms with Crippen LogP contribution in [0.25, 0.3) is 0 Å². The summed E-state index contributed by atoms with van der Waals surface area (Å²) in [4.78, 5) is 4.79. The molecule has 0 aliphatic carbocycles. The highest BCUT2D eigenvalue weighted by Gasteiger charge is 2.22. The van der Waals surface area contributed by atoms with Crippen LogP contribution in [0.4, 0.5) is 0 Å². The first-order valence-corrected chi connectivity index (χ1v) is 7.14. The standard InChI is InChI=1S/C16H23N3/c1-3-16(12-17)19-9-7-18(8-10-19)13-15-6-4-5-14(2)11-15/h4-6,11,16H,3,7-10,13H2,1-2H3. The summed E-state index contributed by atoms with van der Waals surface area (Å²) in [5.74, 6) is 0. The van der Waals surface area contributed by atoms with E-state index in [2.05, 4.69) is 54.0 Å². The van der Waals surface area contributed by atoms with Crippen LogP contribution in [0.15, 0.2) is 24.3 Å². The summed E-state index contributed by atoms with van der Waals surface area (Å²) in [6.07, 6.45) is 0.925. The van der Waals surface area contributed by atoms with Gasteiger partial charge in [-0.2, -0.15) is 5.26 Å². The van der Waals surface area contributed by atoms with E-state index in [1.54, 1.807) is 0 Å². The van der Waals surface area contributed by atoms with Crippen LogP contribution in [0.1, 0.15) is 24.5 Å². The van der Waals surface area contributed by atoms with Gasteiger partial charge in [0.05, 0.1) is 12.1 Å². The molecular weight excluding hydrogens is 234 g/mol. The third kappa shape index (κ3) is 3.79. The number of nitriles is 1. The lowest BCUT2D eigenvalue weighted by Gasteiger charge is -2.36. The van der Waals surface area contributed by atoms with Crippen molar-refractivity contribution in [2.24, 2.45) is 0 Å². The second kappa shape index (κ2) is 6.70. The third-order valence-corrected chi connectivity index (χ3v) is 3.87. The summed E-state index contributed by atoms with van der Waals surface area (Å²) in [7, 11) is 0. The Morgan fingerprint density at radius 3 is 2.58 bits per heavy atom. The highest BCUT2D eigenvalue weighted by molar-refractivity contribution is 5.22. The molecule has 1 saturated heterocycles. The summed E-state index contributed by atoms with van der Waals surface area (Å²) < 4.78 is 0. The van der Waals surface area contributed by atoms with Gasteiger partial charge in [-0.05, 0) is 18.9 Å². The van der Waals surface area contributed by atoms with E-state index < -0.39 is 0 Å². The first kappa shape index (κ1) is 14.0. The van der Waals surface area contributed by atoms with Crippen LogP contribution in [0.3, 0.4) is 0 Å². The fraction of sp³-hybridized carbons (Fsp3) is 0.562. The average Bonchev–Trinajstić information content (AvgIpc) is 2.42. The van der Waals surface area contributed by atoms with Gasteiger partial charge in [0.2, 0.25) is 0 Å². The van der Waals surface area contributed by atoms with E-state index in [0.717, 1.165) is 39.1 Å². The Balaban J connectivity index is 1.85. The van der Waals surface area contributed by atoms with E-state index in [1.165, 1.54) is 11.1 Å². The molecule has 0 N–H and O–H groups in total. The number of nitrogens with zero attached hydrogens (tertiary/aromatic N) is 3. The molecule has 1 fully saturated rings. The quantitative estimate of drug-likeness (QED) is 0.830. The van der Waals surface area contributed by atoms with Crippen LogP contribution in [-0.4, -0.2) is 42.0 Å². The topological polar surface area (TPSA) is 30.3 Å². The molecule has 0 saturated carbocycles. The summed E-state index contributed by atoms with van der Waals surface area (Å²) in [5.41, 5.74) is 2.72. The van der Waals surface area contributed by atoms with Crippen molar-refractivity contribution in [3.8, 4) is 6.07 Å². The normalized spacial score (nSPS) is 19.0. The molecular formula is C16H23N3. The van der Waals surface area contributed by atoms with Crippen LogP contribution >= 0.6 is 0 Å². The molecule has 2 rings (SSSR count). The van der Waals surface area contributed by atoms with Crippen molar-refractivity contribution in [3.05, 3.63) is 35.4 Å². The smallest absolute Gasteiger partial charge is 0.0976 e. The van der Waals surface area contributed by atoms with Crippen molar-refractivity contribution < 1.29 is 0 Å². The molecule has 19 heavy (non-hydrogen) atoms. The first-order chi connectivity index (χ1) is 9.22. The second-order valence-electron chi connectivity index (χ2n) is 5.35. The number of aryl methyl sites for hydroxylation is 1. The minimum Gasteiger partial charge on any atom is -0.297 e. The average molecular weight is 257 g/mol. The Morgan fingerprint density at radius 1 is 1.26 bits per heavy atom. The van der Waals surface area contributed by atoms with Gasteiger partial charge in [0.1, 0.15) is 0 Å². The zero-order valence-electron chi connectivity index (χ0n) is 12.0. The molecule has 1 heterocycles. The van der Waals surface area contributed by atoms with E-state index >= 15 is 0 Å². The highest BCUT2D eigenvalue weighted by Crippen LogP contribution is 2.12. The van der Waals surface area contributed by atoms with Gasteiger partial charge in [0.15, 0.2) is 0 Å². The van der Waals surface area contributed by atoms with Gasteiger partial charge in [-0.3, -0.25) is 9.80 Å². The lowest BCUT2D eigenvalue weighted by Crippen LogP contribution is -2.49. The summed E-state index contributed by atoms with van der Waals surface area (Å²) in [6.45, 7) is 9.40. The summed E-state index contributed by atoms with van der Waals surface area (Å²) in [6, 6.07) is 11.2. The molecule has 1 unspecified atom stereocenters. The Morgan fingerprint density at radius 2 is 2.00 bits per heavy atom. The van der Waals surface area contributed by atoms with E-state index in [1.807, 2.05) is 0 Å². The second-order valence-corrected chi connectivity index (χ2v) is 5.35. The fourth-order valence-corrected chi connectivity index (χ4v) is 2.73. The number of hydrogen-bond acceptors (Lipinski definition) is 3. The minimum atomic E-state index is 0.0983. The molecule has 3 heteroatoms. The van der Waals surface area contributed by atoms with Crippen molar-refractivity contribution in [1.82, 2.24) is 9.80 Å². The number of hydrogen-bond donors (Lipinski definition) is 0. The predicted molar refractivity (Wildman–Crippen MR) is 77.7 cm³/mol. The van der Waals surface area contributed by atoms with Crippen LogP contribution in [0.5, 0.6) is 0 Å². The van der Waals surface area contributed by atoms with Gasteiger partial charge in [-0.25, -0.2) is 0 Å². The van der Waals surface area contributed by atoms with E-state index in [0.29, 0.717) is 0 Å². The lowest BCUT2D eigenvalue weighted by molar-refractivity contribution is 0.108. The van der Waals surface area contributed by atoms with Gasteiger partial charge in [-0.1, -0.05) is 36.8 Å². The van der Waals surface area contributed by atoms with Crippen molar-refractivity contribution in [2.45, 2.75) is 32.9 Å². The molecule has 102 valence electrons. The molecule has 1 aliphatic rings. The van der Waals surface area contributed by atoms with Crippen molar-refractivity contribution >= 4 is 0 Å². The molecule has 0 radical (unpaired) electrons. The molecule has 3 nitrogen and oxygen atoms in total. The first-order valence-electron chi connectivity index (χ1n) is 7.14. The maximum absolute atomic E-state index is 9.10. The molecule has 1 aromatic rings. The van der Waals surface area contributed by atoms with Crippen LogP contribution in [0, 0.1) is 18.3 Å². The number of rotatable bonds is 4. The van der Waals surface area contributed by atoms with Crippen molar-refractivity contribution in [2.75, 3.05) is 26.2 Å². The van der Waals surface area contributed by atoms with Gasteiger partial charge in [0.25, 0.3) is 0 Å². The van der Waals surface area contributed by atoms with Crippen LogP contribution in [0.2, 0.25) is 0 Å². The molecule has 1 atom stereocenters. The maximum atomic E-state index is 9.10. The van der Waals surface area contributed by atoms with Crippen molar-refractivity contribution in [3.63, 3.8) is 0 Å². The summed E-state index contributed by atoms with van der Waals surface area (Å²) in [5, 5.41) is 9.10. The van der Waals surface area contributed by atoms with Gasteiger partial charge in [0, 0.05) is 32.7 Å². The van der Waals surface area contributed by atoms with Crippen molar-refractivity contribution in [1.29, 1.82) is 5.26 Å². The molecule has 0 spiro atoms. The Labute approximate surface area is 116 Å². The van der Waals surface area contributed by atoms with E-state index in [-0.39, 0.29) is 6.04 Å². The number of benzene rings is 1. The molecule has 0 aromatic heterocycles. The highest BCUT2D eigenvalue weighted by atomic mass is 15.3. The largest absolute Gasteiger partial charge is 0.297 e. The lowest BCUT2D eigenvalue weighted by atomic mass is 10.1. The third-order valence-electron chi connectivity index (χ3n) is 3.87. The Kier molecular flexibility index (Phi) is 4.95. The molecule has 0 bridgehead atoms. The maximum Gasteiger partial charge on any atom is 0.0976 e. The fourth-order valence-electron chi connectivity index (χ4n) is 2.73. The van der Waals surface area contributed by atoms with Gasteiger partial charge in [-0.15, -0.1) is 0 Å². The minimum absolute atomic E-state index is 0.0983. The molecule has 1 aliphatic heterocycles. The molecule has 0 amide bonds.